The van der Waals surface area contributed by atoms with Crippen molar-refractivity contribution < 1.29 is 18.3 Å². The maximum absolute atomic E-state index is 13.8. The first-order chi connectivity index (χ1) is 14.4. The Labute approximate surface area is 172 Å². The van der Waals surface area contributed by atoms with Crippen molar-refractivity contribution in [1.29, 1.82) is 0 Å². The van der Waals surface area contributed by atoms with Gasteiger partial charge in [0.2, 0.25) is 5.95 Å². The lowest BCUT2D eigenvalue weighted by Gasteiger charge is -2.41. The lowest BCUT2D eigenvalue weighted by Crippen LogP contribution is -2.54. The summed E-state index contributed by atoms with van der Waals surface area (Å²) in [5.41, 5.74) is 0.365. The number of nitrogens with zero attached hydrogens (tertiary/aromatic N) is 5. The third kappa shape index (κ3) is 3.69. The molecule has 2 bridgehead atoms. The zero-order valence-electron chi connectivity index (χ0n) is 16.3. The molecule has 5 rings (SSSR count). The molecule has 0 aromatic carbocycles. The number of halogens is 3. The Morgan fingerprint density at radius 2 is 1.93 bits per heavy atom. The highest BCUT2D eigenvalue weighted by molar-refractivity contribution is 5.54. The summed E-state index contributed by atoms with van der Waals surface area (Å²) < 4.78 is 40.5. The van der Waals surface area contributed by atoms with E-state index in [1.807, 2.05) is 6.07 Å². The Hall–Kier alpha value is -2.46. The quantitative estimate of drug-likeness (QED) is 0.744. The van der Waals surface area contributed by atoms with Gasteiger partial charge in [0.25, 0.3) is 5.92 Å². The molecule has 3 atom stereocenters. The third-order valence-corrected chi connectivity index (χ3v) is 6.31. The molecule has 30 heavy (non-hydrogen) atoms. The highest BCUT2D eigenvalue weighted by atomic mass is 19.3. The van der Waals surface area contributed by atoms with Crippen molar-refractivity contribution >= 4 is 17.5 Å². The predicted molar refractivity (Wildman–Crippen MR) is 104 cm³/mol. The van der Waals surface area contributed by atoms with E-state index in [0.29, 0.717) is 18.2 Å². The van der Waals surface area contributed by atoms with Gasteiger partial charge in [-0.15, -0.1) is 0 Å². The van der Waals surface area contributed by atoms with Crippen LogP contribution in [0.4, 0.5) is 30.6 Å². The molecule has 7 nitrogen and oxygen atoms in total. The van der Waals surface area contributed by atoms with Gasteiger partial charge in [0.05, 0.1) is 18.5 Å². The standard InChI is InChI=1S/C20H23F3N6O/c21-16-5-13(7-25-17(16)11-30)26-19-24-4-3-18(27-19)28-9-14-1-2-15(10-28)29(14)8-12-6-20(12,22)23/h3-5,7,12,14-15,30H,1-2,6,8-11H2,(H,24,26,27)/t12-,14-,15+/m0/s1. The molecular weight excluding hydrogens is 397 g/mol. The van der Waals surface area contributed by atoms with E-state index < -0.39 is 24.3 Å². The Morgan fingerprint density at radius 3 is 2.57 bits per heavy atom. The first kappa shape index (κ1) is 19.5. The average molecular weight is 420 g/mol. The number of hydrogen-bond acceptors (Lipinski definition) is 7. The summed E-state index contributed by atoms with van der Waals surface area (Å²) in [6.07, 6.45) is 5.09. The van der Waals surface area contributed by atoms with Crippen LogP contribution >= 0.6 is 0 Å². The van der Waals surface area contributed by atoms with Gasteiger partial charge >= 0.3 is 0 Å². The number of alkyl halides is 2. The minimum atomic E-state index is -2.48. The van der Waals surface area contributed by atoms with Crippen LogP contribution in [-0.2, 0) is 6.61 Å². The lowest BCUT2D eigenvalue weighted by atomic mass is 10.1. The fourth-order valence-electron chi connectivity index (χ4n) is 4.56. The Morgan fingerprint density at radius 1 is 1.20 bits per heavy atom. The molecule has 1 aliphatic carbocycles. The molecule has 0 radical (unpaired) electrons. The molecule has 3 aliphatic rings. The van der Waals surface area contributed by atoms with E-state index in [-0.39, 0.29) is 24.2 Å². The number of nitrogens with one attached hydrogen (secondary N) is 1. The van der Waals surface area contributed by atoms with Crippen LogP contribution in [0.3, 0.4) is 0 Å². The molecule has 160 valence electrons. The highest BCUT2D eigenvalue weighted by Crippen LogP contribution is 2.50. The maximum atomic E-state index is 13.8. The van der Waals surface area contributed by atoms with Crippen molar-refractivity contribution in [3.63, 3.8) is 0 Å². The fraction of sp³-hybridized carbons (Fsp3) is 0.550. The Bertz CT molecular complexity index is 931. The number of pyridine rings is 1. The van der Waals surface area contributed by atoms with Gasteiger partial charge in [-0.1, -0.05) is 0 Å². The second-order valence-electron chi connectivity index (χ2n) is 8.32. The van der Waals surface area contributed by atoms with Crippen molar-refractivity contribution in [2.75, 3.05) is 29.9 Å². The van der Waals surface area contributed by atoms with E-state index in [2.05, 4.69) is 30.1 Å². The molecule has 2 N–H and O–H groups in total. The van der Waals surface area contributed by atoms with Crippen molar-refractivity contribution in [3.05, 3.63) is 36.0 Å². The van der Waals surface area contributed by atoms with Crippen molar-refractivity contribution in [1.82, 2.24) is 19.9 Å². The number of aromatic nitrogens is 3. The van der Waals surface area contributed by atoms with Crippen LogP contribution in [0.2, 0.25) is 0 Å². The number of aliphatic hydroxyl groups excluding tert-OH is 1. The van der Waals surface area contributed by atoms with Crippen LogP contribution in [0.15, 0.2) is 24.5 Å². The molecule has 0 spiro atoms. The summed E-state index contributed by atoms with van der Waals surface area (Å²) in [6.45, 7) is 1.50. The molecule has 2 saturated heterocycles. The molecule has 10 heteroatoms. The van der Waals surface area contributed by atoms with Crippen molar-refractivity contribution in [2.24, 2.45) is 5.92 Å². The second kappa shape index (κ2) is 7.35. The van der Waals surface area contributed by atoms with Crippen LogP contribution in [0.25, 0.3) is 0 Å². The summed E-state index contributed by atoms with van der Waals surface area (Å²) in [7, 11) is 0. The predicted octanol–water partition coefficient (Wildman–Crippen LogP) is 2.55. The van der Waals surface area contributed by atoms with Crippen LogP contribution in [0, 0.1) is 11.7 Å². The molecule has 4 heterocycles. The Balaban J connectivity index is 1.27. The molecule has 1 saturated carbocycles. The van der Waals surface area contributed by atoms with Gasteiger partial charge < -0.3 is 15.3 Å². The van der Waals surface area contributed by atoms with Crippen molar-refractivity contribution in [3.8, 4) is 0 Å². The average Bonchev–Trinajstić information content (AvgIpc) is 3.26. The number of fused-ring (bicyclic) bond motifs is 2. The number of rotatable bonds is 6. The molecule has 2 aromatic heterocycles. The second-order valence-corrected chi connectivity index (χ2v) is 8.32. The van der Waals surface area contributed by atoms with Gasteiger partial charge in [0.1, 0.15) is 17.3 Å². The number of piperazine rings is 1. The minimum absolute atomic E-state index is 0.0162. The van der Waals surface area contributed by atoms with E-state index in [9.17, 15) is 13.2 Å². The van der Waals surface area contributed by atoms with Gasteiger partial charge in [-0.2, -0.15) is 4.98 Å². The topological polar surface area (TPSA) is 77.4 Å². The van der Waals surface area contributed by atoms with E-state index in [4.69, 9.17) is 5.11 Å². The summed E-state index contributed by atoms with van der Waals surface area (Å²) in [6, 6.07) is 3.58. The Kier molecular flexibility index (Phi) is 4.78. The number of anilines is 3. The van der Waals surface area contributed by atoms with Gasteiger partial charge in [-0.05, 0) is 18.9 Å². The molecule has 2 aliphatic heterocycles. The third-order valence-electron chi connectivity index (χ3n) is 6.31. The summed E-state index contributed by atoms with van der Waals surface area (Å²) in [4.78, 5) is 17.0. The van der Waals surface area contributed by atoms with Crippen LogP contribution in [0.5, 0.6) is 0 Å². The van der Waals surface area contributed by atoms with Crippen molar-refractivity contribution in [2.45, 2.75) is 43.9 Å². The van der Waals surface area contributed by atoms with E-state index >= 15 is 0 Å². The van der Waals surface area contributed by atoms with Crippen LogP contribution < -0.4 is 10.2 Å². The number of hydrogen-bond donors (Lipinski definition) is 2. The first-order valence-electron chi connectivity index (χ1n) is 10.2. The van der Waals surface area contributed by atoms with E-state index in [0.717, 1.165) is 31.7 Å². The number of aliphatic hydroxyl groups is 1. The van der Waals surface area contributed by atoms with Gasteiger partial charge in [0.15, 0.2) is 0 Å². The summed E-state index contributed by atoms with van der Waals surface area (Å²) >= 11 is 0. The molecule has 2 aromatic rings. The SMILES string of the molecule is OCc1ncc(Nc2nccc(N3C[C@H]4CC[C@@H](C3)N4C[C@@H]3CC3(F)F)n2)cc1F. The zero-order valence-corrected chi connectivity index (χ0v) is 16.3. The smallest absolute Gasteiger partial charge is 0.252 e. The van der Waals surface area contributed by atoms with Gasteiger partial charge in [0, 0.05) is 56.3 Å². The van der Waals surface area contributed by atoms with Gasteiger partial charge in [-0.3, -0.25) is 9.88 Å². The van der Waals surface area contributed by atoms with E-state index in [1.165, 1.54) is 12.3 Å². The van der Waals surface area contributed by atoms with Crippen LogP contribution in [-0.4, -0.2) is 62.6 Å². The molecule has 0 unspecified atom stereocenters. The lowest BCUT2D eigenvalue weighted by molar-refractivity contribution is 0.0750. The minimum Gasteiger partial charge on any atom is -0.390 e. The summed E-state index contributed by atoms with van der Waals surface area (Å²) in [5, 5.41) is 12.0. The van der Waals surface area contributed by atoms with E-state index in [1.54, 1.807) is 6.20 Å². The normalized spacial score (nSPS) is 27.3. The fourth-order valence-corrected chi connectivity index (χ4v) is 4.56. The largest absolute Gasteiger partial charge is 0.390 e. The van der Waals surface area contributed by atoms with Gasteiger partial charge in [-0.25, -0.2) is 18.2 Å². The maximum Gasteiger partial charge on any atom is 0.252 e. The van der Waals surface area contributed by atoms with Crippen LogP contribution in [0.1, 0.15) is 25.0 Å². The molecule has 3 fully saturated rings. The highest BCUT2D eigenvalue weighted by Gasteiger charge is 2.58. The molecule has 0 amide bonds. The first-order valence-corrected chi connectivity index (χ1v) is 10.2. The zero-order chi connectivity index (χ0) is 20.9. The monoisotopic (exact) mass is 420 g/mol. The summed E-state index contributed by atoms with van der Waals surface area (Å²) in [5.74, 6) is -2.51. The molecular formula is C20H23F3N6O.